The van der Waals surface area contributed by atoms with Gasteiger partial charge in [0.05, 0.1) is 12.7 Å². The molecule has 0 saturated carbocycles. The molecule has 0 aliphatic rings. The normalized spacial score (nSPS) is 12.7. The Hall–Kier alpha value is -1.71. The van der Waals surface area contributed by atoms with Crippen molar-refractivity contribution in [3.05, 3.63) is 59.2 Å². The molecule has 2 N–H and O–H groups in total. The third-order valence-electron chi connectivity index (χ3n) is 4.94. The Morgan fingerprint density at radius 2 is 1.79 bits per heavy atom. The number of benzene rings is 2. The minimum atomic E-state index is -2.72. The molecule has 2 rings (SSSR count). The molecule has 2 aromatic carbocycles. The maximum atomic E-state index is 12.9. The van der Waals surface area contributed by atoms with Crippen molar-refractivity contribution in [3.8, 4) is 5.75 Å². The van der Waals surface area contributed by atoms with E-state index in [1.807, 2.05) is 31.2 Å². The number of nitrogens with two attached hydrogens (primary N) is 1. The van der Waals surface area contributed by atoms with Gasteiger partial charge in [-0.05, 0) is 73.6 Å². The molecule has 160 valence electrons. The Kier molecular flexibility index (Phi) is 9.32. The van der Waals surface area contributed by atoms with Crippen molar-refractivity contribution in [1.29, 1.82) is 0 Å². The molecule has 0 bridgehead atoms. The Bertz CT molecular complexity index is 748. The molecule has 2 unspecified atom stereocenters. The van der Waals surface area contributed by atoms with E-state index in [0.29, 0.717) is 26.1 Å². The van der Waals surface area contributed by atoms with Crippen molar-refractivity contribution in [2.45, 2.75) is 57.7 Å². The third kappa shape index (κ3) is 9.10. The minimum Gasteiger partial charge on any atom is -0.491 e. The van der Waals surface area contributed by atoms with Crippen LogP contribution in [0.2, 0.25) is 0 Å². The van der Waals surface area contributed by atoms with Crippen LogP contribution >= 0.6 is 9.24 Å². The van der Waals surface area contributed by atoms with E-state index in [2.05, 4.69) is 25.1 Å². The van der Waals surface area contributed by atoms with Crippen LogP contribution in [0.25, 0.3) is 0 Å². The quantitative estimate of drug-likeness (QED) is 0.267. The first-order valence-corrected chi connectivity index (χ1v) is 10.7. The second-order valence-corrected chi connectivity index (χ2v) is 8.22. The summed E-state index contributed by atoms with van der Waals surface area (Å²) in [6.45, 7) is 4.81. The van der Waals surface area contributed by atoms with Crippen molar-refractivity contribution in [2.75, 3.05) is 18.9 Å². The van der Waals surface area contributed by atoms with Gasteiger partial charge in [0.25, 0.3) is 5.66 Å². The molecule has 0 amide bonds. The second-order valence-electron chi connectivity index (χ2n) is 7.38. The van der Waals surface area contributed by atoms with Crippen molar-refractivity contribution in [2.24, 2.45) is 0 Å². The van der Waals surface area contributed by atoms with Gasteiger partial charge in [-0.25, -0.2) is 8.78 Å². The number of aryl methyl sites for hydroxylation is 3. The predicted octanol–water partition coefficient (Wildman–Crippen LogP) is 5.78. The Morgan fingerprint density at radius 3 is 2.41 bits per heavy atom. The monoisotopic (exact) mass is 423 g/mol. The second kappa shape index (κ2) is 11.5. The van der Waals surface area contributed by atoms with Crippen LogP contribution in [0, 0.1) is 6.92 Å². The maximum Gasteiger partial charge on any atom is 0.259 e. The van der Waals surface area contributed by atoms with Crippen molar-refractivity contribution >= 4 is 14.9 Å². The Balaban J connectivity index is 1.74. The highest BCUT2D eigenvalue weighted by Gasteiger charge is 2.22. The summed E-state index contributed by atoms with van der Waals surface area (Å²) in [6, 6.07) is 14.1. The van der Waals surface area contributed by atoms with E-state index in [1.54, 1.807) is 9.24 Å². The minimum absolute atomic E-state index is 0.164. The summed E-state index contributed by atoms with van der Waals surface area (Å²) in [4.78, 5) is 0. The fourth-order valence-corrected chi connectivity index (χ4v) is 3.30. The molecule has 0 aliphatic carbocycles. The van der Waals surface area contributed by atoms with Gasteiger partial charge in [-0.15, -0.1) is 0 Å². The zero-order valence-corrected chi connectivity index (χ0v) is 18.5. The number of nitrogen functional groups attached to an aromatic ring is 1. The van der Waals surface area contributed by atoms with Gasteiger partial charge < -0.3 is 15.2 Å². The Morgan fingerprint density at radius 1 is 1.07 bits per heavy atom. The standard InChI is InChI=1S/C23H32F2NO2P/c1-3-21(12-13-23(24,25)29)27-14-15-28-22-11-8-19(17(2)16-22)7-4-18-5-9-20(26)10-6-18/h5-6,8-11,16,21H,3-4,7,12-15,26,29H2,1-2H3. The predicted molar refractivity (Wildman–Crippen MR) is 119 cm³/mol. The summed E-state index contributed by atoms with van der Waals surface area (Å²) >= 11 is 0. The summed E-state index contributed by atoms with van der Waals surface area (Å²) < 4.78 is 37.3. The lowest BCUT2D eigenvalue weighted by Gasteiger charge is -2.18. The topological polar surface area (TPSA) is 44.5 Å². The van der Waals surface area contributed by atoms with E-state index in [0.717, 1.165) is 24.3 Å². The molecule has 0 aliphatic heterocycles. The summed E-state index contributed by atoms with van der Waals surface area (Å²) in [5.74, 6) is 0.798. The largest absolute Gasteiger partial charge is 0.491 e. The van der Waals surface area contributed by atoms with E-state index in [9.17, 15) is 8.78 Å². The number of ether oxygens (including phenoxy) is 2. The highest BCUT2D eigenvalue weighted by molar-refractivity contribution is 7.18. The van der Waals surface area contributed by atoms with Crippen LogP contribution in [0.5, 0.6) is 5.75 Å². The van der Waals surface area contributed by atoms with Gasteiger partial charge in [-0.2, -0.15) is 0 Å². The molecule has 2 atom stereocenters. The summed E-state index contributed by atoms with van der Waals surface area (Å²) in [5.41, 5.74) is 7.53. The summed E-state index contributed by atoms with van der Waals surface area (Å²) in [6.07, 6.45) is 2.62. The zero-order chi connectivity index (χ0) is 21.3. The van der Waals surface area contributed by atoms with Crippen molar-refractivity contribution < 1.29 is 18.3 Å². The van der Waals surface area contributed by atoms with Crippen LogP contribution in [0.15, 0.2) is 42.5 Å². The molecule has 0 saturated heterocycles. The third-order valence-corrected chi connectivity index (χ3v) is 5.23. The van der Waals surface area contributed by atoms with Crippen LogP contribution in [-0.4, -0.2) is 25.0 Å². The lowest BCUT2D eigenvalue weighted by atomic mass is 10.0. The fourth-order valence-electron chi connectivity index (χ4n) is 3.13. The zero-order valence-electron chi connectivity index (χ0n) is 17.3. The molecule has 0 radical (unpaired) electrons. The summed E-state index contributed by atoms with van der Waals surface area (Å²) in [5, 5.41) is 0. The van der Waals surface area contributed by atoms with Crippen molar-refractivity contribution in [1.82, 2.24) is 0 Å². The smallest absolute Gasteiger partial charge is 0.259 e. The molecule has 0 aromatic heterocycles. The van der Waals surface area contributed by atoms with Gasteiger partial charge in [0.15, 0.2) is 0 Å². The number of hydrogen-bond acceptors (Lipinski definition) is 3. The average Bonchev–Trinajstić information content (AvgIpc) is 2.67. The van der Waals surface area contributed by atoms with Crippen LogP contribution in [0.3, 0.4) is 0 Å². The molecule has 0 heterocycles. The van der Waals surface area contributed by atoms with E-state index in [4.69, 9.17) is 15.2 Å². The molecule has 3 nitrogen and oxygen atoms in total. The van der Waals surface area contributed by atoms with Crippen LogP contribution < -0.4 is 10.5 Å². The number of alkyl halides is 2. The number of halogens is 2. The number of anilines is 1. The number of hydrogen-bond donors (Lipinski definition) is 1. The van der Waals surface area contributed by atoms with Gasteiger partial charge in [0, 0.05) is 12.1 Å². The first-order chi connectivity index (χ1) is 13.8. The van der Waals surface area contributed by atoms with E-state index in [1.165, 1.54) is 16.7 Å². The fraction of sp³-hybridized carbons (Fsp3) is 0.478. The van der Waals surface area contributed by atoms with Crippen LogP contribution in [-0.2, 0) is 17.6 Å². The van der Waals surface area contributed by atoms with Crippen molar-refractivity contribution in [3.63, 3.8) is 0 Å². The highest BCUT2D eigenvalue weighted by Crippen LogP contribution is 2.29. The highest BCUT2D eigenvalue weighted by atomic mass is 31.0. The van der Waals surface area contributed by atoms with E-state index in [-0.39, 0.29) is 12.5 Å². The van der Waals surface area contributed by atoms with Crippen LogP contribution in [0.4, 0.5) is 14.5 Å². The molecular weight excluding hydrogens is 391 g/mol. The Labute approximate surface area is 175 Å². The molecule has 0 fully saturated rings. The maximum absolute atomic E-state index is 12.9. The first-order valence-electron chi connectivity index (χ1n) is 10.1. The van der Waals surface area contributed by atoms with Gasteiger partial charge in [0.1, 0.15) is 12.4 Å². The lowest BCUT2D eigenvalue weighted by molar-refractivity contribution is 0.00722. The van der Waals surface area contributed by atoms with E-state index < -0.39 is 5.66 Å². The molecular formula is C23H32F2NO2P. The SMILES string of the molecule is CCC(CCC(F)(F)P)OCCOc1ccc(CCc2ccc(N)cc2)c(C)c1. The molecule has 29 heavy (non-hydrogen) atoms. The lowest BCUT2D eigenvalue weighted by Crippen LogP contribution is -2.19. The first kappa shape index (κ1) is 23.6. The van der Waals surface area contributed by atoms with E-state index >= 15 is 0 Å². The molecule has 6 heteroatoms. The van der Waals surface area contributed by atoms with Gasteiger partial charge >= 0.3 is 0 Å². The molecule has 0 spiro atoms. The summed E-state index contributed by atoms with van der Waals surface area (Å²) in [7, 11) is 1.58. The van der Waals surface area contributed by atoms with Crippen LogP contribution in [0.1, 0.15) is 42.9 Å². The molecule has 2 aromatic rings. The average molecular weight is 423 g/mol. The van der Waals surface area contributed by atoms with Gasteiger partial charge in [0.2, 0.25) is 0 Å². The van der Waals surface area contributed by atoms with Gasteiger partial charge in [-0.1, -0.05) is 34.4 Å². The number of rotatable bonds is 12. The van der Waals surface area contributed by atoms with Gasteiger partial charge in [-0.3, -0.25) is 0 Å².